The van der Waals surface area contributed by atoms with Crippen molar-refractivity contribution in [2.24, 2.45) is 4.99 Å². The number of aliphatic imine (C=N–C) groups is 1. The number of hydrogen-bond acceptors (Lipinski definition) is 3. The van der Waals surface area contributed by atoms with Crippen LogP contribution in [0.2, 0.25) is 0 Å². The zero-order chi connectivity index (χ0) is 20.8. The summed E-state index contributed by atoms with van der Waals surface area (Å²) in [6.45, 7) is 3.89. The molecule has 3 aromatic rings. The zero-order valence-electron chi connectivity index (χ0n) is 17.4. The highest BCUT2D eigenvalue weighted by molar-refractivity contribution is 14.0. The molecule has 0 saturated carbocycles. The van der Waals surface area contributed by atoms with E-state index in [-0.39, 0.29) is 35.8 Å². The molecule has 31 heavy (non-hydrogen) atoms. The summed E-state index contributed by atoms with van der Waals surface area (Å²) >= 11 is 0. The number of aromatic nitrogens is 2. The molecular formula is C23H27IN6O. The standard InChI is InChI=1S/C23H26N6O.HI/c1-2-24-23(25-15-17-14-22(30)27-21-11-7-6-10-20(17)21)26-16-18-12-13-29(28-18)19-8-4-3-5-9-19;/h3-13,17H,2,14-16H2,1H3,(H,27,30)(H2,24,25,26);1H. The van der Waals surface area contributed by atoms with Crippen molar-refractivity contribution >= 4 is 41.5 Å². The average Bonchev–Trinajstić information content (AvgIpc) is 3.25. The highest BCUT2D eigenvalue weighted by Gasteiger charge is 2.24. The summed E-state index contributed by atoms with van der Waals surface area (Å²) in [5.41, 5.74) is 3.96. The lowest BCUT2D eigenvalue weighted by Gasteiger charge is -2.26. The smallest absolute Gasteiger partial charge is 0.225 e. The number of halogens is 1. The van der Waals surface area contributed by atoms with Gasteiger partial charge in [-0.15, -0.1) is 24.0 Å². The Labute approximate surface area is 199 Å². The van der Waals surface area contributed by atoms with Crippen LogP contribution in [-0.4, -0.2) is 34.7 Å². The molecule has 1 amide bonds. The summed E-state index contributed by atoms with van der Waals surface area (Å²) in [6, 6.07) is 19.9. The number of carbonyl (C=O) groups excluding carboxylic acids is 1. The lowest BCUT2D eigenvalue weighted by molar-refractivity contribution is -0.116. The summed E-state index contributed by atoms with van der Waals surface area (Å²) in [4.78, 5) is 16.7. The van der Waals surface area contributed by atoms with Gasteiger partial charge in [0.15, 0.2) is 5.96 Å². The fourth-order valence-corrected chi connectivity index (χ4v) is 3.58. The van der Waals surface area contributed by atoms with Gasteiger partial charge >= 0.3 is 0 Å². The second kappa shape index (κ2) is 10.9. The Morgan fingerprint density at radius 1 is 1.13 bits per heavy atom. The van der Waals surface area contributed by atoms with E-state index in [4.69, 9.17) is 0 Å². The van der Waals surface area contributed by atoms with Crippen LogP contribution < -0.4 is 16.0 Å². The Bertz CT molecular complexity index is 1030. The van der Waals surface area contributed by atoms with E-state index >= 15 is 0 Å². The van der Waals surface area contributed by atoms with Crippen LogP contribution in [-0.2, 0) is 11.3 Å². The van der Waals surface area contributed by atoms with Gasteiger partial charge in [-0.25, -0.2) is 9.67 Å². The molecule has 4 rings (SSSR count). The maximum Gasteiger partial charge on any atom is 0.225 e. The molecule has 1 aliphatic rings. The molecule has 0 aliphatic carbocycles. The van der Waals surface area contributed by atoms with Gasteiger partial charge in [0.25, 0.3) is 0 Å². The van der Waals surface area contributed by atoms with E-state index in [9.17, 15) is 4.79 Å². The summed E-state index contributed by atoms with van der Waals surface area (Å²) in [5, 5.41) is 14.2. The molecule has 1 aromatic heterocycles. The molecule has 1 aliphatic heterocycles. The average molecular weight is 530 g/mol. The van der Waals surface area contributed by atoms with E-state index in [0.29, 0.717) is 19.5 Å². The molecule has 0 radical (unpaired) electrons. The molecule has 2 aromatic carbocycles. The summed E-state index contributed by atoms with van der Waals surface area (Å²) in [5.74, 6) is 0.875. The highest BCUT2D eigenvalue weighted by Crippen LogP contribution is 2.31. The lowest BCUT2D eigenvalue weighted by atomic mass is 9.90. The van der Waals surface area contributed by atoms with Crippen molar-refractivity contribution in [3.8, 4) is 5.69 Å². The molecule has 162 valence electrons. The van der Waals surface area contributed by atoms with Crippen molar-refractivity contribution in [2.75, 3.05) is 18.4 Å². The van der Waals surface area contributed by atoms with E-state index in [2.05, 4.69) is 32.1 Å². The van der Waals surface area contributed by atoms with Crippen LogP contribution in [0.5, 0.6) is 0 Å². The number of guanidine groups is 1. The summed E-state index contributed by atoms with van der Waals surface area (Å²) in [6.07, 6.45) is 2.41. The normalized spacial score (nSPS) is 15.5. The van der Waals surface area contributed by atoms with E-state index < -0.39 is 0 Å². The van der Waals surface area contributed by atoms with Gasteiger partial charge in [-0.05, 0) is 36.8 Å². The number of carbonyl (C=O) groups is 1. The second-order valence-electron chi connectivity index (χ2n) is 7.20. The third kappa shape index (κ3) is 5.84. The van der Waals surface area contributed by atoms with Crippen LogP contribution in [0.4, 0.5) is 5.69 Å². The molecule has 1 atom stereocenters. The van der Waals surface area contributed by atoms with Crippen molar-refractivity contribution in [3.05, 3.63) is 78.1 Å². The molecule has 3 N–H and O–H groups in total. The number of fused-ring (bicyclic) bond motifs is 1. The van der Waals surface area contributed by atoms with E-state index in [0.717, 1.165) is 35.1 Å². The largest absolute Gasteiger partial charge is 0.357 e. The van der Waals surface area contributed by atoms with Crippen molar-refractivity contribution in [1.82, 2.24) is 20.4 Å². The van der Waals surface area contributed by atoms with Gasteiger partial charge in [0.2, 0.25) is 5.91 Å². The quantitative estimate of drug-likeness (QED) is 0.258. The molecule has 1 unspecified atom stereocenters. The second-order valence-corrected chi connectivity index (χ2v) is 7.20. The maximum absolute atomic E-state index is 12.0. The van der Waals surface area contributed by atoms with E-state index in [1.807, 2.05) is 72.4 Å². The molecule has 2 heterocycles. The first-order valence-corrected chi connectivity index (χ1v) is 10.2. The van der Waals surface area contributed by atoms with Gasteiger partial charge in [0.1, 0.15) is 0 Å². The van der Waals surface area contributed by atoms with Gasteiger partial charge in [-0.3, -0.25) is 4.79 Å². The highest BCUT2D eigenvalue weighted by atomic mass is 127. The minimum atomic E-state index is 0. The van der Waals surface area contributed by atoms with Gasteiger partial charge in [0, 0.05) is 37.3 Å². The van der Waals surface area contributed by atoms with Crippen molar-refractivity contribution in [3.63, 3.8) is 0 Å². The molecule has 0 bridgehead atoms. The molecule has 0 spiro atoms. The van der Waals surface area contributed by atoms with Crippen LogP contribution in [0.15, 0.2) is 71.9 Å². The minimum Gasteiger partial charge on any atom is -0.357 e. The van der Waals surface area contributed by atoms with E-state index in [1.165, 1.54) is 0 Å². The first-order valence-electron chi connectivity index (χ1n) is 10.2. The van der Waals surface area contributed by atoms with Crippen molar-refractivity contribution in [2.45, 2.75) is 25.8 Å². The SMILES string of the molecule is CCNC(=NCc1ccn(-c2ccccc2)n1)NCC1CC(=O)Nc2ccccc21.I. The van der Waals surface area contributed by atoms with Crippen LogP contribution in [0.3, 0.4) is 0 Å². The summed E-state index contributed by atoms with van der Waals surface area (Å²) < 4.78 is 1.85. The first-order chi connectivity index (χ1) is 14.7. The van der Waals surface area contributed by atoms with Crippen LogP contribution in [0.25, 0.3) is 5.69 Å². The fraction of sp³-hybridized carbons (Fsp3) is 0.261. The van der Waals surface area contributed by atoms with Crippen molar-refractivity contribution < 1.29 is 4.79 Å². The number of rotatable bonds is 6. The number of nitrogens with one attached hydrogen (secondary N) is 3. The minimum absolute atomic E-state index is 0. The van der Waals surface area contributed by atoms with Gasteiger partial charge in [-0.2, -0.15) is 5.10 Å². The van der Waals surface area contributed by atoms with Gasteiger partial charge < -0.3 is 16.0 Å². The number of anilines is 1. The fourth-order valence-electron chi connectivity index (χ4n) is 3.58. The Hall–Kier alpha value is -2.88. The van der Waals surface area contributed by atoms with Crippen LogP contribution >= 0.6 is 24.0 Å². The van der Waals surface area contributed by atoms with E-state index in [1.54, 1.807) is 0 Å². The first kappa shape index (κ1) is 22.8. The topological polar surface area (TPSA) is 83.3 Å². The Balaban J connectivity index is 0.00000272. The Morgan fingerprint density at radius 3 is 2.71 bits per heavy atom. The molecule has 0 fully saturated rings. The van der Waals surface area contributed by atoms with Crippen molar-refractivity contribution in [1.29, 1.82) is 0 Å². The Morgan fingerprint density at radius 2 is 1.90 bits per heavy atom. The third-order valence-electron chi connectivity index (χ3n) is 5.03. The predicted molar refractivity (Wildman–Crippen MR) is 134 cm³/mol. The number of hydrogen-bond donors (Lipinski definition) is 3. The maximum atomic E-state index is 12.0. The Kier molecular flexibility index (Phi) is 8.05. The molecule has 8 heteroatoms. The van der Waals surface area contributed by atoms with Crippen LogP contribution in [0, 0.1) is 0 Å². The number of para-hydroxylation sites is 2. The lowest BCUT2D eigenvalue weighted by Crippen LogP contribution is -2.40. The molecule has 0 saturated heterocycles. The van der Waals surface area contributed by atoms with Gasteiger partial charge in [0.05, 0.1) is 17.9 Å². The number of nitrogens with zero attached hydrogens (tertiary/aromatic N) is 3. The zero-order valence-corrected chi connectivity index (χ0v) is 19.7. The monoisotopic (exact) mass is 530 g/mol. The third-order valence-corrected chi connectivity index (χ3v) is 5.03. The van der Waals surface area contributed by atoms with Gasteiger partial charge in [-0.1, -0.05) is 36.4 Å². The molecule has 7 nitrogen and oxygen atoms in total. The summed E-state index contributed by atoms with van der Waals surface area (Å²) in [7, 11) is 0. The molecular weight excluding hydrogens is 503 g/mol. The van der Waals surface area contributed by atoms with Crippen LogP contribution in [0.1, 0.15) is 30.5 Å². The predicted octanol–water partition coefficient (Wildman–Crippen LogP) is 3.67. The number of benzene rings is 2. The number of amides is 1.